The smallest absolute Gasteiger partial charge is 0.219 e. The molecule has 0 saturated carbocycles. The number of hydrogen-bond donors (Lipinski definition) is 2. The van der Waals surface area contributed by atoms with E-state index in [2.05, 4.69) is 4.98 Å². The van der Waals surface area contributed by atoms with Crippen LogP contribution in [0.1, 0.15) is 11.3 Å². The molecule has 0 fully saturated rings. The minimum Gasteiger partial charge on any atom is -0.439 e. The molecule has 0 spiro atoms. The van der Waals surface area contributed by atoms with Crippen LogP contribution in [0.3, 0.4) is 0 Å². The number of aryl methyl sites for hydroxylation is 1. The second-order valence-electron chi connectivity index (χ2n) is 3.79. The zero-order chi connectivity index (χ0) is 13.1. The van der Waals surface area contributed by atoms with E-state index in [0.29, 0.717) is 22.9 Å². The van der Waals surface area contributed by atoms with Crippen molar-refractivity contribution in [1.29, 1.82) is 5.41 Å². The molecule has 1 heterocycles. The van der Waals surface area contributed by atoms with Gasteiger partial charge in [-0.25, -0.2) is 9.37 Å². The highest BCUT2D eigenvalue weighted by Crippen LogP contribution is 2.21. The molecule has 3 N–H and O–H groups in total. The summed E-state index contributed by atoms with van der Waals surface area (Å²) in [4.78, 5) is 4.05. The predicted molar refractivity (Wildman–Crippen MR) is 66.5 cm³/mol. The normalized spacial score (nSPS) is 10.1. The summed E-state index contributed by atoms with van der Waals surface area (Å²) in [6.07, 6.45) is 0. The highest BCUT2D eigenvalue weighted by atomic mass is 19.1. The minimum atomic E-state index is -0.284. The van der Waals surface area contributed by atoms with E-state index in [-0.39, 0.29) is 11.7 Å². The molecule has 1 aromatic carbocycles. The molecule has 0 unspecified atom stereocenters. The Labute approximate surface area is 104 Å². The van der Waals surface area contributed by atoms with Crippen molar-refractivity contribution < 1.29 is 9.13 Å². The van der Waals surface area contributed by atoms with Gasteiger partial charge < -0.3 is 10.5 Å². The molecule has 0 aliphatic carbocycles. The van der Waals surface area contributed by atoms with Crippen molar-refractivity contribution in [2.75, 3.05) is 0 Å². The quantitative estimate of drug-likeness (QED) is 0.645. The Morgan fingerprint density at radius 3 is 2.78 bits per heavy atom. The zero-order valence-electron chi connectivity index (χ0n) is 9.77. The first kappa shape index (κ1) is 12.0. The summed E-state index contributed by atoms with van der Waals surface area (Å²) < 4.78 is 18.6. The fourth-order valence-corrected chi connectivity index (χ4v) is 1.42. The van der Waals surface area contributed by atoms with Gasteiger partial charge in [-0.05, 0) is 36.8 Å². The topological polar surface area (TPSA) is 72.0 Å². The van der Waals surface area contributed by atoms with E-state index in [1.54, 1.807) is 31.2 Å². The van der Waals surface area contributed by atoms with Crippen LogP contribution in [-0.2, 0) is 0 Å². The Bertz CT molecular complexity index is 599. The minimum absolute atomic E-state index is 0.129. The summed E-state index contributed by atoms with van der Waals surface area (Å²) in [6, 6.07) is 9.38. The van der Waals surface area contributed by atoms with Crippen LogP contribution in [0.5, 0.6) is 11.6 Å². The first-order valence-electron chi connectivity index (χ1n) is 5.32. The van der Waals surface area contributed by atoms with E-state index in [1.165, 1.54) is 12.1 Å². The van der Waals surface area contributed by atoms with E-state index < -0.39 is 0 Å². The Morgan fingerprint density at radius 2 is 2.11 bits per heavy atom. The van der Waals surface area contributed by atoms with Crippen molar-refractivity contribution in [1.82, 2.24) is 4.98 Å². The molecule has 0 saturated heterocycles. The summed E-state index contributed by atoms with van der Waals surface area (Å²) in [5, 5.41) is 7.28. The maximum Gasteiger partial charge on any atom is 0.219 e. The second kappa shape index (κ2) is 4.83. The number of nitrogens with zero attached hydrogens (tertiary/aromatic N) is 1. The number of nitrogens with two attached hydrogens (primary N) is 1. The number of benzene rings is 1. The molecule has 0 amide bonds. The van der Waals surface area contributed by atoms with Crippen LogP contribution in [0.4, 0.5) is 4.39 Å². The third kappa shape index (κ3) is 2.63. The van der Waals surface area contributed by atoms with E-state index in [9.17, 15) is 4.39 Å². The van der Waals surface area contributed by atoms with Gasteiger partial charge >= 0.3 is 0 Å². The van der Waals surface area contributed by atoms with E-state index in [0.717, 1.165) is 0 Å². The summed E-state index contributed by atoms with van der Waals surface area (Å²) in [5.74, 6) is 0.388. The molecular formula is C13H12FN3O. The van der Waals surface area contributed by atoms with Gasteiger partial charge in [0.05, 0.1) is 0 Å². The van der Waals surface area contributed by atoms with Crippen LogP contribution in [0.15, 0.2) is 36.4 Å². The first-order chi connectivity index (χ1) is 8.56. The van der Waals surface area contributed by atoms with Gasteiger partial charge in [0, 0.05) is 6.07 Å². The SMILES string of the molecule is Cc1cc(Oc2cccc(C(=N)N)n2)ccc1F. The lowest BCUT2D eigenvalue weighted by Crippen LogP contribution is -2.13. The average Bonchev–Trinajstić information content (AvgIpc) is 2.34. The van der Waals surface area contributed by atoms with Crippen molar-refractivity contribution in [3.8, 4) is 11.6 Å². The summed E-state index contributed by atoms with van der Waals surface area (Å²) >= 11 is 0. The standard InChI is InChI=1S/C13H12FN3O/c1-8-7-9(5-6-10(8)14)18-12-4-2-3-11(17-12)13(15)16/h2-7H,1H3,(H3,15,16). The summed E-state index contributed by atoms with van der Waals surface area (Å²) in [5.41, 5.74) is 6.17. The number of aromatic nitrogens is 1. The maximum atomic E-state index is 13.1. The van der Waals surface area contributed by atoms with Crippen LogP contribution in [-0.4, -0.2) is 10.8 Å². The fourth-order valence-electron chi connectivity index (χ4n) is 1.42. The number of ether oxygens (including phenoxy) is 1. The third-order valence-electron chi connectivity index (χ3n) is 2.35. The van der Waals surface area contributed by atoms with E-state index in [4.69, 9.17) is 15.9 Å². The molecule has 18 heavy (non-hydrogen) atoms. The van der Waals surface area contributed by atoms with Gasteiger partial charge in [0.25, 0.3) is 0 Å². The first-order valence-corrected chi connectivity index (χ1v) is 5.32. The monoisotopic (exact) mass is 245 g/mol. The Kier molecular flexibility index (Phi) is 3.23. The molecule has 4 nitrogen and oxygen atoms in total. The number of amidine groups is 1. The second-order valence-corrected chi connectivity index (χ2v) is 3.79. The van der Waals surface area contributed by atoms with Crippen LogP contribution in [0.2, 0.25) is 0 Å². The van der Waals surface area contributed by atoms with Crippen molar-refractivity contribution in [3.05, 3.63) is 53.5 Å². The van der Waals surface area contributed by atoms with Gasteiger partial charge in [-0.2, -0.15) is 0 Å². The summed E-state index contributed by atoms with van der Waals surface area (Å²) in [7, 11) is 0. The number of pyridine rings is 1. The van der Waals surface area contributed by atoms with E-state index >= 15 is 0 Å². The van der Waals surface area contributed by atoms with E-state index in [1.807, 2.05) is 0 Å². The van der Waals surface area contributed by atoms with Gasteiger partial charge in [0.1, 0.15) is 23.1 Å². The van der Waals surface area contributed by atoms with Gasteiger partial charge in [-0.15, -0.1) is 0 Å². The molecule has 1 aromatic heterocycles. The molecule has 92 valence electrons. The van der Waals surface area contributed by atoms with Crippen molar-refractivity contribution in [3.63, 3.8) is 0 Å². The molecule has 0 bridgehead atoms. The Balaban J connectivity index is 2.25. The molecule has 2 aromatic rings. The lowest BCUT2D eigenvalue weighted by Gasteiger charge is -2.07. The van der Waals surface area contributed by atoms with Gasteiger partial charge in [-0.3, -0.25) is 5.41 Å². The van der Waals surface area contributed by atoms with Crippen molar-refractivity contribution >= 4 is 5.84 Å². The van der Waals surface area contributed by atoms with Crippen molar-refractivity contribution in [2.24, 2.45) is 5.73 Å². The fraction of sp³-hybridized carbons (Fsp3) is 0.0769. The third-order valence-corrected chi connectivity index (χ3v) is 2.35. The molecular weight excluding hydrogens is 233 g/mol. The summed E-state index contributed by atoms with van der Waals surface area (Å²) in [6.45, 7) is 1.65. The molecule has 0 atom stereocenters. The highest BCUT2D eigenvalue weighted by Gasteiger charge is 2.04. The van der Waals surface area contributed by atoms with Crippen LogP contribution in [0.25, 0.3) is 0 Å². The number of nitrogens with one attached hydrogen (secondary N) is 1. The molecule has 0 aliphatic heterocycles. The Hall–Kier alpha value is -2.43. The van der Waals surface area contributed by atoms with Crippen molar-refractivity contribution in [2.45, 2.75) is 6.92 Å². The molecule has 0 aliphatic rings. The number of nitrogen functional groups attached to an aromatic ring is 1. The Morgan fingerprint density at radius 1 is 1.33 bits per heavy atom. The average molecular weight is 245 g/mol. The van der Waals surface area contributed by atoms with Gasteiger partial charge in [0.15, 0.2) is 0 Å². The molecule has 0 radical (unpaired) electrons. The van der Waals surface area contributed by atoms with Crippen LogP contribution >= 0.6 is 0 Å². The predicted octanol–water partition coefficient (Wildman–Crippen LogP) is 2.61. The van der Waals surface area contributed by atoms with Gasteiger partial charge in [-0.1, -0.05) is 6.07 Å². The number of halogens is 1. The zero-order valence-corrected chi connectivity index (χ0v) is 9.77. The van der Waals surface area contributed by atoms with Crippen LogP contribution in [0, 0.1) is 18.2 Å². The largest absolute Gasteiger partial charge is 0.439 e. The number of hydrogen-bond acceptors (Lipinski definition) is 3. The number of rotatable bonds is 3. The molecule has 5 heteroatoms. The maximum absolute atomic E-state index is 13.1. The van der Waals surface area contributed by atoms with Crippen LogP contribution < -0.4 is 10.5 Å². The van der Waals surface area contributed by atoms with Gasteiger partial charge in [0.2, 0.25) is 5.88 Å². The highest BCUT2D eigenvalue weighted by molar-refractivity contribution is 5.93. The lowest BCUT2D eigenvalue weighted by molar-refractivity contribution is 0.460. The lowest BCUT2D eigenvalue weighted by atomic mass is 10.2. The molecule has 2 rings (SSSR count).